The van der Waals surface area contributed by atoms with E-state index in [1.807, 2.05) is 18.9 Å². The number of rotatable bonds is 5. The minimum Gasteiger partial charge on any atom is -0.507 e. The molecule has 2 aromatic carbocycles. The number of hydrogen-bond acceptors (Lipinski definition) is 9. The van der Waals surface area contributed by atoms with E-state index < -0.39 is 75.9 Å². The normalized spacial score (nSPS) is 30.1. The summed E-state index contributed by atoms with van der Waals surface area (Å²) in [5.74, 6) is -12.4. The number of carbonyl (C=O) groups excluding carboxylic acids is 5. The van der Waals surface area contributed by atoms with Crippen LogP contribution in [-0.2, 0) is 32.1 Å². The van der Waals surface area contributed by atoms with Crippen molar-refractivity contribution in [2.75, 3.05) is 27.7 Å². The van der Waals surface area contributed by atoms with Gasteiger partial charge < -0.3 is 20.8 Å². The molecule has 0 spiro atoms. The number of primary amides is 1. The van der Waals surface area contributed by atoms with Crippen molar-refractivity contribution in [2.24, 2.45) is 29.4 Å². The largest absolute Gasteiger partial charge is 0.507 e. The van der Waals surface area contributed by atoms with Gasteiger partial charge in [-0.3, -0.25) is 28.9 Å². The van der Waals surface area contributed by atoms with Gasteiger partial charge in [0.15, 0.2) is 34.7 Å². The molecule has 2 unspecified atom stereocenters. The minimum absolute atomic E-state index is 0.0437. The molecule has 0 aliphatic heterocycles. The molecule has 0 heterocycles. The Bertz CT molecular complexity index is 1500. The maximum Gasteiger partial charge on any atom is 0.235 e. The Morgan fingerprint density at radius 1 is 1.12 bits per heavy atom. The van der Waals surface area contributed by atoms with Gasteiger partial charge in [-0.15, -0.1) is 0 Å². The standard InChI is InChI=1S/C29H32FN3O7/c1-5-33(4)11-12-6-7-14-15(8-12)23(34)19-16(21(14)30)9-13-10-17-22(32(2)3)25(36)20(28(31)39)27(38)29(17,40)26(37)18(13)24(19)35/h6-8,13,17-18,20,22,34,40H,5,9-11H2,1-4H3,(H2,31,39)/t13-,17-,18?,20?,22-,29-/m0/s1. The Kier molecular flexibility index (Phi) is 6.67. The second-order valence-corrected chi connectivity index (χ2v) is 11.5. The van der Waals surface area contributed by atoms with Crippen LogP contribution in [0.2, 0.25) is 0 Å². The van der Waals surface area contributed by atoms with Gasteiger partial charge in [0.25, 0.3) is 0 Å². The topological polar surface area (TPSA) is 158 Å². The van der Waals surface area contributed by atoms with Gasteiger partial charge >= 0.3 is 0 Å². The number of nitrogens with zero attached hydrogens (tertiary/aromatic N) is 2. The molecule has 2 fully saturated rings. The lowest BCUT2D eigenvalue weighted by Gasteiger charge is -2.52. The molecule has 212 valence electrons. The third-order valence-electron chi connectivity index (χ3n) is 9.03. The maximum absolute atomic E-state index is 15.9. The molecule has 3 aliphatic carbocycles. The number of aromatic hydroxyl groups is 1. The highest BCUT2D eigenvalue weighted by Gasteiger charge is 2.69. The summed E-state index contributed by atoms with van der Waals surface area (Å²) in [6.45, 7) is 3.25. The summed E-state index contributed by atoms with van der Waals surface area (Å²) in [6.07, 6.45) is -0.258. The number of likely N-dealkylation sites (N-methyl/N-ethyl adjacent to an activating group) is 1. The quantitative estimate of drug-likeness (QED) is 0.451. The van der Waals surface area contributed by atoms with Crippen LogP contribution < -0.4 is 5.73 Å². The Morgan fingerprint density at radius 3 is 2.40 bits per heavy atom. The lowest BCUT2D eigenvalue weighted by molar-refractivity contribution is -0.181. The fraction of sp³-hybridized carbons (Fsp3) is 0.483. The van der Waals surface area contributed by atoms with Gasteiger partial charge in [0.2, 0.25) is 5.91 Å². The van der Waals surface area contributed by atoms with E-state index in [0.717, 1.165) is 12.1 Å². The van der Waals surface area contributed by atoms with Gasteiger partial charge in [-0.25, -0.2) is 4.39 Å². The van der Waals surface area contributed by atoms with E-state index in [4.69, 9.17) is 5.73 Å². The summed E-state index contributed by atoms with van der Waals surface area (Å²) in [4.78, 5) is 69.8. The molecule has 4 N–H and O–H groups in total. The second kappa shape index (κ2) is 9.53. The molecular formula is C29H32FN3O7. The molecule has 5 rings (SSSR count). The molecule has 0 aromatic heterocycles. The first-order chi connectivity index (χ1) is 18.7. The predicted molar refractivity (Wildman–Crippen MR) is 141 cm³/mol. The average Bonchev–Trinajstić information content (AvgIpc) is 2.88. The summed E-state index contributed by atoms with van der Waals surface area (Å²) in [7, 11) is 4.91. The van der Waals surface area contributed by atoms with Crippen molar-refractivity contribution in [3.8, 4) is 5.75 Å². The zero-order valence-electron chi connectivity index (χ0n) is 22.7. The van der Waals surface area contributed by atoms with E-state index in [0.29, 0.717) is 6.54 Å². The number of Topliss-reactive ketones (excluding diaryl/α,β-unsaturated/α-hetero) is 4. The molecule has 2 saturated carbocycles. The molecule has 1 amide bonds. The minimum atomic E-state index is -2.82. The number of ketones is 4. The first-order valence-corrected chi connectivity index (χ1v) is 13.2. The first-order valence-electron chi connectivity index (χ1n) is 13.2. The van der Waals surface area contributed by atoms with Crippen LogP contribution in [0.1, 0.15) is 34.8 Å². The van der Waals surface area contributed by atoms with Crippen molar-refractivity contribution < 1.29 is 38.6 Å². The fourth-order valence-corrected chi connectivity index (χ4v) is 6.99. The molecule has 11 heteroatoms. The van der Waals surface area contributed by atoms with E-state index in [2.05, 4.69) is 0 Å². The number of fused-ring (bicyclic) bond motifs is 4. The Balaban J connectivity index is 1.65. The molecule has 10 nitrogen and oxygen atoms in total. The van der Waals surface area contributed by atoms with Crippen molar-refractivity contribution in [2.45, 2.75) is 38.0 Å². The molecule has 40 heavy (non-hydrogen) atoms. The van der Waals surface area contributed by atoms with Crippen LogP contribution in [0.5, 0.6) is 5.75 Å². The molecule has 3 aliphatic rings. The van der Waals surface area contributed by atoms with Crippen molar-refractivity contribution in [1.82, 2.24) is 9.80 Å². The van der Waals surface area contributed by atoms with Gasteiger partial charge in [-0.1, -0.05) is 19.1 Å². The van der Waals surface area contributed by atoms with E-state index in [9.17, 15) is 34.2 Å². The van der Waals surface area contributed by atoms with Crippen LogP contribution in [0, 0.1) is 29.5 Å². The SMILES string of the molecule is CCN(C)Cc1ccc2c(F)c3c(c(O)c2c1)C(=O)C1C(=O)[C@]2(O)C(=O)C(C(N)=O)C(=O)[C@@H](N(C)C)[C@@H]2C[C@@H]1C3. The van der Waals surface area contributed by atoms with Crippen molar-refractivity contribution in [3.63, 3.8) is 0 Å². The predicted octanol–water partition coefficient (Wildman–Crippen LogP) is 0.611. The van der Waals surface area contributed by atoms with E-state index in [-0.39, 0.29) is 34.7 Å². The Morgan fingerprint density at radius 2 is 1.80 bits per heavy atom. The zero-order valence-corrected chi connectivity index (χ0v) is 22.7. The highest BCUT2D eigenvalue weighted by Crippen LogP contribution is 2.52. The van der Waals surface area contributed by atoms with Gasteiger partial charge in [-0.05, 0) is 58.1 Å². The van der Waals surface area contributed by atoms with Crippen LogP contribution in [-0.4, -0.2) is 88.4 Å². The number of hydrogen-bond donors (Lipinski definition) is 3. The van der Waals surface area contributed by atoms with E-state index >= 15 is 4.39 Å². The number of benzene rings is 2. The Labute approximate surface area is 229 Å². The van der Waals surface area contributed by atoms with E-state index in [1.54, 1.807) is 18.2 Å². The van der Waals surface area contributed by atoms with Crippen LogP contribution >= 0.6 is 0 Å². The third-order valence-corrected chi connectivity index (χ3v) is 9.03. The van der Waals surface area contributed by atoms with Crippen LogP contribution in [0.4, 0.5) is 4.39 Å². The first kappa shape index (κ1) is 28.0. The van der Waals surface area contributed by atoms with Gasteiger partial charge in [0.05, 0.1) is 17.5 Å². The molecule has 2 aromatic rings. The number of aliphatic hydroxyl groups is 1. The van der Waals surface area contributed by atoms with Crippen LogP contribution in [0.15, 0.2) is 18.2 Å². The third kappa shape index (κ3) is 3.75. The summed E-state index contributed by atoms with van der Waals surface area (Å²) >= 11 is 0. The second-order valence-electron chi connectivity index (χ2n) is 11.5. The maximum atomic E-state index is 15.9. The Hall–Kier alpha value is -3.54. The monoisotopic (exact) mass is 553 g/mol. The average molecular weight is 554 g/mol. The van der Waals surface area contributed by atoms with Gasteiger partial charge in [-0.2, -0.15) is 0 Å². The van der Waals surface area contributed by atoms with Gasteiger partial charge in [0, 0.05) is 28.8 Å². The zero-order chi connectivity index (χ0) is 29.4. The molecular weight excluding hydrogens is 521 g/mol. The highest BCUT2D eigenvalue weighted by molar-refractivity contribution is 6.32. The van der Waals surface area contributed by atoms with Crippen molar-refractivity contribution >= 4 is 39.8 Å². The number of amides is 1. The molecule has 6 atom stereocenters. The van der Waals surface area contributed by atoms with E-state index in [1.165, 1.54) is 19.0 Å². The molecule has 0 bridgehead atoms. The smallest absolute Gasteiger partial charge is 0.235 e. The van der Waals surface area contributed by atoms with Crippen molar-refractivity contribution in [1.29, 1.82) is 0 Å². The number of phenolic OH excluding ortho intramolecular Hbond substituents is 1. The summed E-state index contributed by atoms with van der Waals surface area (Å²) in [5, 5.41) is 23.1. The number of halogens is 1. The summed E-state index contributed by atoms with van der Waals surface area (Å²) < 4.78 is 15.9. The number of nitrogens with two attached hydrogens (primary N) is 1. The lowest BCUT2D eigenvalue weighted by atomic mass is 9.52. The van der Waals surface area contributed by atoms with Gasteiger partial charge in [0.1, 0.15) is 11.6 Å². The number of phenols is 1. The summed E-state index contributed by atoms with van der Waals surface area (Å²) in [6, 6.07) is 3.68. The molecule has 0 saturated heterocycles. The molecule has 0 radical (unpaired) electrons. The number of carbonyl (C=O) groups is 5. The van der Waals surface area contributed by atoms with Crippen LogP contribution in [0.3, 0.4) is 0 Å². The fourth-order valence-electron chi connectivity index (χ4n) is 6.99. The lowest BCUT2D eigenvalue weighted by Crippen LogP contribution is -2.74. The van der Waals surface area contributed by atoms with Crippen molar-refractivity contribution in [3.05, 3.63) is 40.7 Å². The highest BCUT2D eigenvalue weighted by atomic mass is 19.1. The van der Waals surface area contributed by atoms with Crippen LogP contribution in [0.25, 0.3) is 10.8 Å². The summed E-state index contributed by atoms with van der Waals surface area (Å²) in [5.41, 5.74) is 2.90.